The molecule has 0 atom stereocenters. The number of anilines is 1. The van der Waals surface area contributed by atoms with Gasteiger partial charge in [0.1, 0.15) is 16.6 Å². The number of nitrogens with zero attached hydrogens (tertiary/aromatic N) is 1. The highest BCUT2D eigenvalue weighted by Gasteiger charge is 2.11. The molecule has 0 fully saturated rings. The van der Waals surface area contributed by atoms with Gasteiger partial charge in [0.25, 0.3) is 0 Å². The lowest BCUT2D eigenvalue weighted by Gasteiger charge is -2.12. The van der Waals surface area contributed by atoms with Gasteiger partial charge in [0.2, 0.25) is 0 Å². The summed E-state index contributed by atoms with van der Waals surface area (Å²) in [7, 11) is 0. The number of aromatic hydroxyl groups is 1. The number of rotatable bonds is 4. The van der Waals surface area contributed by atoms with Crippen LogP contribution in [0.3, 0.4) is 0 Å². The summed E-state index contributed by atoms with van der Waals surface area (Å²) in [5.41, 5.74) is 3.21. The van der Waals surface area contributed by atoms with Crippen LogP contribution in [-0.4, -0.2) is 15.2 Å². The molecule has 0 amide bonds. The number of hydrogen-bond acceptors (Lipinski definition) is 4. The van der Waals surface area contributed by atoms with Gasteiger partial charge in [0.15, 0.2) is 5.11 Å². The molecular weight excluding hydrogens is 393 g/mol. The first-order valence-electron chi connectivity index (χ1n) is 8.57. The lowest BCUT2D eigenvalue weighted by Crippen LogP contribution is -2.27. The monoisotopic (exact) mass is 409 g/mol. The number of benzene rings is 3. The molecule has 0 aliphatic rings. The Bertz CT molecular complexity index is 1110. The fraction of sp³-hybridized carbons (Fsp3) is 0.0476. The van der Waals surface area contributed by atoms with Crippen molar-refractivity contribution >= 4 is 44.6 Å². The zero-order chi connectivity index (χ0) is 19.5. The summed E-state index contributed by atoms with van der Waals surface area (Å²) in [5.74, 6) is -0.106. The van der Waals surface area contributed by atoms with E-state index in [0.717, 1.165) is 26.5 Å². The summed E-state index contributed by atoms with van der Waals surface area (Å²) in [6.07, 6.45) is 0. The van der Waals surface area contributed by atoms with E-state index in [4.69, 9.17) is 12.2 Å². The van der Waals surface area contributed by atoms with Crippen LogP contribution >= 0.6 is 23.6 Å². The van der Waals surface area contributed by atoms with Gasteiger partial charge in [-0.15, -0.1) is 11.3 Å². The molecule has 1 aromatic heterocycles. The average molecular weight is 410 g/mol. The van der Waals surface area contributed by atoms with E-state index in [1.165, 1.54) is 23.5 Å². The van der Waals surface area contributed by atoms with E-state index >= 15 is 0 Å². The van der Waals surface area contributed by atoms with E-state index in [9.17, 15) is 9.50 Å². The van der Waals surface area contributed by atoms with Gasteiger partial charge < -0.3 is 15.7 Å². The largest absolute Gasteiger partial charge is 0.507 e. The van der Waals surface area contributed by atoms with Gasteiger partial charge in [0.05, 0.1) is 15.8 Å². The number of nitrogens with one attached hydrogen (secondary N) is 2. The molecule has 0 spiro atoms. The van der Waals surface area contributed by atoms with Crippen molar-refractivity contribution < 1.29 is 9.50 Å². The number of halogens is 1. The van der Waals surface area contributed by atoms with Gasteiger partial charge >= 0.3 is 0 Å². The normalized spacial score (nSPS) is 10.8. The molecular formula is C21H16FN3OS2. The molecule has 3 N–H and O–H groups in total. The Hall–Kier alpha value is -3.03. The van der Waals surface area contributed by atoms with Crippen LogP contribution in [0.5, 0.6) is 5.75 Å². The molecule has 0 aliphatic carbocycles. The Morgan fingerprint density at radius 3 is 2.64 bits per heavy atom. The van der Waals surface area contributed by atoms with Crippen LogP contribution in [0.1, 0.15) is 5.56 Å². The van der Waals surface area contributed by atoms with E-state index in [2.05, 4.69) is 15.6 Å². The smallest absolute Gasteiger partial charge is 0.171 e. The van der Waals surface area contributed by atoms with Gasteiger partial charge in [-0.3, -0.25) is 0 Å². The minimum absolute atomic E-state index is 0.162. The van der Waals surface area contributed by atoms with E-state index < -0.39 is 0 Å². The molecule has 0 radical (unpaired) electrons. The molecule has 7 heteroatoms. The van der Waals surface area contributed by atoms with E-state index in [0.29, 0.717) is 17.2 Å². The number of phenols is 1. The zero-order valence-electron chi connectivity index (χ0n) is 14.6. The second kappa shape index (κ2) is 7.92. The van der Waals surface area contributed by atoms with Crippen LogP contribution in [0.4, 0.5) is 10.1 Å². The number of aromatic nitrogens is 1. The van der Waals surface area contributed by atoms with Crippen molar-refractivity contribution in [1.82, 2.24) is 10.3 Å². The van der Waals surface area contributed by atoms with Crippen molar-refractivity contribution in [2.75, 3.05) is 5.32 Å². The maximum absolute atomic E-state index is 13.0. The molecule has 4 rings (SSSR count). The molecule has 3 aromatic carbocycles. The second-order valence-corrected chi connectivity index (χ2v) is 7.59. The Morgan fingerprint density at radius 2 is 1.86 bits per heavy atom. The summed E-state index contributed by atoms with van der Waals surface area (Å²) in [6.45, 7) is 0.481. The molecule has 28 heavy (non-hydrogen) atoms. The summed E-state index contributed by atoms with van der Waals surface area (Å²) in [6, 6.07) is 19.3. The summed E-state index contributed by atoms with van der Waals surface area (Å²) < 4.78 is 14.0. The molecule has 4 nitrogen and oxygen atoms in total. The van der Waals surface area contributed by atoms with Gasteiger partial charge in [-0.25, -0.2) is 9.37 Å². The Morgan fingerprint density at radius 1 is 1.07 bits per heavy atom. The van der Waals surface area contributed by atoms with Gasteiger partial charge in [0, 0.05) is 12.2 Å². The minimum atomic E-state index is -0.268. The molecule has 140 valence electrons. The fourth-order valence-corrected chi connectivity index (χ4v) is 3.91. The maximum atomic E-state index is 13.0. The topological polar surface area (TPSA) is 57.2 Å². The minimum Gasteiger partial charge on any atom is -0.507 e. The fourth-order valence-electron chi connectivity index (χ4n) is 2.73. The third kappa shape index (κ3) is 4.11. The van der Waals surface area contributed by atoms with Crippen molar-refractivity contribution in [3.8, 4) is 16.3 Å². The predicted molar refractivity (Wildman–Crippen MR) is 116 cm³/mol. The second-order valence-electron chi connectivity index (χ2n) is 6.15. The van der Waals surface area contributed by atoms with Crippen molar-refractivity contribution in [2.24, 2.45) is 0 Å². The van der Waals surface area contributed by atoms with E-state index in [1.54, 1.807) is 24.3 Å². The van der Waals surface area contributed by atoms with E-state index in [1.807, 2.05) is 30.3 Å². The van der Waals surface area contributed by atoms with Crippen LogP contribution in [0.15, 0.2) is 66.7 Å². The average Bonchev–Trinajstić information content (AvgIpc) is 3.13. The molecule has 0 bridgehead atoms. The van der Waals surface area contributed by atoms with Crippen molar-refractivity contribution in [1.29, 1.82) is 0 Å². The van der Waals surface area contributed by atoms with Crippen LogP contribution in [0.2, 0.25) is 0 Å². The number of thiazole rings is 1. The summed E-state index contributed by atoms with van der Waals surface area (Å²) in [4.78, 5) is 4.60. The number of fused-ring (bicyclic) bond motifs is 1. The number of hydrogen-bond donors (Lipinski definition) is 3. The third-order valence-electron chi connectivity index (χ3n) is 4.15. The van der Waals surface area contributed by atoms with Crippen LogP contribution in [0.25, 0.3) is 20.8 Å². The SMILES string of the molecule is Oc1ccc(NC(=S)NCc2ccc(F)cc2)cc1-c1nc2ccccc2s1. The highest BCUT2D eigenvalue weighted by Crippen LogP contribution is 2.36. The van der Waals surface area contributed by atoms with Gasteiger partial charge in [-0.1, -0.05) is 24.3 Å². The lowest BCUT2D eigenvalue weighted by molar-refractivity contribution is 0.477. The number of para-hydroxylation sites is 1. The maximum Gasteiger partial charge on any atom is 0.171 e. The van der Waals surface area contributed by atoms with Crippen molar-refractivity contribution in [2.45, 2.75) is 6.54 Å². The quantitative estimate of drug-likeness (QED) is 0.316. The Kier molecular flexibility index (Phi) is 5.18. The Labute approximate surface area is 170 Å². The van der Waals surface area contributed by atoms with Crippen LogP contribution < -0.4 is 10.6 Å². The lowest BCUT2D eigenvalue weighted by atomic mass is 10.2. The molecule has 4 aromatic rings. The predicted octanol–water partition coefficient (Wildman–Crippen LogP) is 5.29. The number of thiocarbonyl (C=S) groups is 1. The Balaban J connectivity index is 1.48. The first-order valence-corrected chi connectivity index (χ1v) is 9.79. The molecule has 0 saturated carbocycles. The van der Waals surface area contributed by atoms with Gasteiger partial charge in [-0.2, -0.15) is 0 Å². The zero-order valence-corrected chi connectivity index (χ0v) is 16.3. The third-order valence-corrected chi connectivity index (χ3v) is 5.46. The van der Waals surface area contributed by atoms with E-state index in [-0.39, 0.29) is 11.6 Å². The first kappa shape index (κ1) is 18.3. The standard InChI is InChI=1S/C21H16FN3OS2/c22-14-7-5-13(6-8-14)12-23-21(27)24-15-9-10-18(26)16(11-15)20-25-17-3-1-2-4-19(17)28-20/h1-11,26H,12H2,(H2,23,24,27). The van der Waals surface area contributed by atoms with Crippen LogP contribution in [0, 0.1) is 5.82 Å². The van der Waals surface area contributed by atoms with Crippen LogP contribution in [-0.2, 0) is 6.54 Å². The highest BCUT2D eigenvalue weighted by atomic mass is 32.1. The highest BCUT2D eigenvalue weighted by molar-refractivity contribution is 7.80. The van der Waals surface area contributed by atoms with Crippen molar-refractivity contribution in [3.05, 3.63) is 78.1 Å². The first-order chi connectivity index (χ1) is 13.6. The number of phenolic OH excluding ortho intramolecular Hbond substituents is 1. The molecule has 0 unspecified atom stereocenters. The van der Waals surface area contributed by atoms with Crippen molar-refractivity contribution in [3.63, 3.8) is 0 Å². The molecule has 0 saturated heterocycles. The van der Waals surface area contributed by atoms with Gasteiger partial charge in [-0.05, 0) is 60.2 Å². The molecule has 0 aliphatic heterocycles. The summed E-state index contributed by atoms with van der Waals surface area (Å²) >= 11 is 6.86. The summed E-state index contributed by atoms with van der Waals surface area (Å²) in [5, 5.41) is 17.7. The molecule has 1 heterocycles.